The largest absolute Gasteiger partial charge is 0.497 e. The van der Waals surface area contributed by atoms with E-state index >= 15 is 0 Å². The van der Waals surface area contributed by atoms with E-state index in [1.54, 1.807) is 24.5 Å². The minimum Gasteiger partial charge on any atom is -0.497 e. The molecule has 0 saturated carbocycles. The Balaban J connectivity index is 1.61. The molecule has 0 bridgehead atoms. The van der Waals surface area contributed by atoms with E-state index in [4.69, 9.17) is 14.5 Å². The number of aromatic nitrogens is 1. The molecule has 0 N–H and O–H groups in total. The summed E-state index contributed by atoms with van der Waals surface area (Å²) in [6.07, 6.45) is 0.879. The van der Waals surface area contributed by atoms with Crippen molar-refractivity contribution < 1.29 is 14.3 Å². The number of aryl methyl sites for hydroxylation is 2. The number of carbonyl (C=O) groups excluding carboxylic acids is 1. The number of thiazole rings is 1. The minimum atomic E-state index is -0.0469. The van der Waals surface area contributed by atoms with Gasteiger partial charge in [0.15, 0.2) is 5.13 Å². The molecule has 0 atom stereocenters. The SMILES string of the molecule is COc1cccc(C(=O)N(CCCN2CCOCC2)c2nc3c(C)c(C)ccc3s2)c1. The van der Waals surface area contributed by atoms with Crippen LogP contribution in [-0.4, -0.2) is 62.3 Å². The third-order valence-corrected chi connectivity index (χ3v) is 6.87. The molecule has 0 spiro atoms. The maximum Gasteiger partial charge on any atom is 0.260 e. The molecule has 1 aliphatic heterocycles. The first-order valence-corrected chi connectivity index (χ1v) is 11.5. The Hall–Kier alpha value is -2.48. The van der Waals surface area contributed by atoms with Gasteiger partial charge in [-0.25, -0.2) is 4.98 Å². The lowest BCUT2D eigenvalue weighted by Gasteiger charge is -2.27. The van der Waals surface area contributed by atoms with Crippen LogP contribution in [0.1, 0.15) is 27.9 Å². The summed E-state index contributed by atoms with van der Waals surface area (Å²) in [6.45, 7) is 9.20. The number of ether oxygens (including phenoxy) is 2. The average Bonchev–Trinajstić information content (AvgIpc) is 3.24. The standard InChI is InChI=1S/C24H29N3O3S/c1-17-8-9-21-22(18(17)2)25-24(31-21)27(11-5-10-26-12-14-30-15-13-26)23(28)19-6-4-7-20(16-19)29-3/h4,6-9,16H,5,10-15H2,1-3H3. The van der Waals surface area contributed by atoms with Crippen molar-refractivity contribution in [1.82, 2.24) is 9.88 Å². The van der Waals surface area contributed by atoms with Crippen LogP contribution in [0.3, 0.4) is 0 Å². The topological polar surface area (TPSA) is 54.9 Å². The summed E-state index contributed by atoms with van der Waals surface area (Å²) in [5.41, 5.74) is 3.97. The fraction of sp³-hybridized carbons (Fsp3) is 0.417. The summed E-state index contributed by atoms with van der Waals surface area (Å²) in [5, 5.41) is 0.749. The van der Waals surface area contributed by atoms with Crippen molar-refractivity contribution in [3.63, 3.8) is 0 Å². The van der Waals surface area contributed by atoms with Gasteiger partial charge in [-0.15, -0.1) is 0 Å². The molecule has 1 amide bonds. The van der Waals surface area contributed by atoms with Crippen molar-refractivity contribution in [3.05, 3.63) is 53.1 Å². The van der Waals surface area contributed by atoms with Crippen LogP contribution < -0.4 is 9.64 Å². The summed E-state index contributed by atoms with van der Waals surface area (Å²) < 4.78 is 11.9. The van der Waals surface area contributed by atoms with Gasteiger partial charge in [0.1, 0.15) is 5.75 Å². The first-order valence-electron chi connectivity index (χ1n) is 10.7. The van der Waals surface area contributed by atoms with E-state index in [-0.39, 0.29) is 5.91 Å². The fourth-order valence-electron chi connectivity index (χ4n) is 3.80. The Kier molecular flexibility index (Phi) is 6.85. The molecule has 3 aromatic rings. The fourth-order valence-corrected chi connectivity index (χ4v) is 4.85. The van der Waals surface area contributed by atoms with Crippen LogP contribution in [0.15, 0.2) is 36.4 Å². The van der Waals surface area contributed by atoms with Crippen molar-refractivity contribution in [2.24, 2.45) is 0 Å². The van der Waals surface area contributed by atoms with E-state index in [1.165, 1.54) is 11.1 Å². The third kappa shape index (κ3) is 4.89. The van der Waals surface area contributed by atoms with E-state index in [9.17, 15) is 4.79 Å². The lowest BCUT2D eigenvalue weighted by atomic mass is 10.1. The van der Waals surface area contributed by atoms with Crippen LogP contribution in [-0.2, 0) is 4.74 Å². The highest BCUT2D eigenvalue weighted by Gasteiger charge is 2.23. The predicted octanol–water partition coefficient (Wildman–Crippen LogP) is 4.29. The third-order valence-electron chi connectivity index (χ3n) is 5.83. The highest BCUT2D eigenvalue weighted by Crippen LogP contribution is 2.33. The Morgan fingerprint density at radius 1 is 1.23 bits per heavy atom. The van der Waals surface area contributed by atoms with Crippen molar-refractivity contribution in [2.75, 3.05) is 51.4 Å². The second-order valence-corrected chi connectivity index (χ2v) is 8.86. The summed E-state index contributed by atoms with van der Waals surface area (Å²) in [5.74, 6) is 0.629. The number of benzene rings is 2. The Bertz CT molecular complexity index is 1060. The number of amides is 1. The first-order chi connectivity index (χ1) is 15.1. The van der Waals surface area contributed by atoms with E-state index < -0.39 is 0 Å². The molecule has 0 radical (unpaired) electrons. The summed E-state index contributed by atoms with van der Waals surface area (Å²) in [4.78, 5) is 22.6. The van der Waals surface area contributed by atoms with Crippen LogP contribution in [0.5, 0.6) is 5.75 Å². The lowest BCUT2D eigenvalue weighted by Crippen LogP contribution is -2.39. The van der Waals surface area contributed by atoms with Gasteiger partial charge in [0.25, 0.3) is 5.91 Å². The summed E-state index contributed by atoms with van der Waals surface area (Å²) in [7, 11) is 1.61. The molecule has 1 aromatic heterocycles. The monoisotopic (exact) mass is 439 g/mol. The number of anilines is 1. The van der Waals surface area contributed by atoms with Crippen molar-refractivity contribution in [3.8, 4) is 5.75 Å². The highest BCUT2D eigenvalue weighted by atomic mass is 32.1. The van der Waals surface area contributed by atoms with Crippen LogP contribution >= 0.6 is 11.3 Å². The number of carbonyl (C=O) groups is 1. The zero-order valence-electron chi connectivity index (χ0n) is 18.4. The van der Waals surface area contributed by atoms with E-state index in [1.807, 2.05) is 23.1 Å². The molecule has 7 heteroatoms. The Morgan fingerprint density at radius 3 is 2.81 bits per heavy atom. The van der Waals surface area contributed by atoms with Crippen molar-refractivity contribution >= 4 is 32.6 Å². The number of methoxy groups -OCH3 is 1. The number of fused-ring (bicyclic) bond motifs is 1. The normalized spacial score (nSPS) is 14.7. The van der Waals surface area contributed by atoms with Gasteiger partial charge in [-0.05, 0) is 55.7 Å². The lowest BCUT2D eigenvalue weighted by molar-refractivity contribution is 0.0376. The second-order valence-electron chi connectivity index (χ2n) is 7.85. The summed E-state index contributed by atoms with van der Waals surface area (Å²) >= 11 is 1.58. The van der Waals surface area contributed by atoms with Gasteiger partial charge < -0.3 is 9.47 Å². The Morgan fingerprint density at radius 2 is 2.03 bits per heavy atom. The molecule has 1 aliphatic rings. The second kappa shape index (κ2) is 9.77. The number of rotatable bonds is 7. The van der Waals surface area contributed by atoms with Crippen LogP contribution in [0.25, 0.3) is 10.2 Å². The maximum absolute atomic E-state index is 13.5. The van der Waals surface area contributed by atoms with E-state index in [2.05, 4.69) is 30.9 Å². The van der Waals surface area contributed by atoms with Crippen LogP contribution in [0.2, 0.25) is 0 Å². The molecule has 31 heavy (non-hydrogen) atoms. The quantitative estimate of drug-likeness (QED) is 0.550. The number of morpholine rings is 1. The highest BCUT2D eigenvalue weighted by molar-refractivity contribution is 7.22. The van der Waals surface area contributed by atoms with Crippen molar-refractivity contribution in [1.29, 1.82) is 0 Å². The molecule has 164 valence electrons. The molecule has 2 heterocycles. The smallest absolute Gasteiger partial charge is 0.260 e. The first kappa shape index (κ1) is 21.7. The minimum absolute atomic E-state index is 0.0469. The zero-order chi connectivity index (χ0) is 21.8. The molecule has 1 saturated heterocycles. The van der Waals surface area contributed by atoms with Gasteiger partial charge in [-0.2, -0.15) is 0 Å². The van der Waals surface area contributed by atoms with Gasteiger partial charge in [-0.1, -0.05) is 23.5 Å². The Labute approximate surface area is 187 Å². The number of hydrogen-bond acceptors (Lipinski definition) is 6. The van der Waals surface area contributed by atoms with Gasteiger partial charge >= 0.3 is 0 Å². The number of hydrogen-bond donors (Lipinski definition) is 0. The molecule has 6 nitrogen and oxygen atoms in total. The molecule has 2 aromatic carbocycles. The van der Waals surface area contributed by atoms with Gasteiger partial charge in [-0.3, -0.25) is 14.6 Å². The molecular formula is C24H29N3O3S. The molecular weight excluding hydrogens is 410 g/mol. The van der Waals surface area contributed by atoms with Crippen LogP contribution in [0.4, 0.5) is 5.13 Å². The number of nitrogens with zero attached hydrogens (tertiary/aromatic N) is 3. The molecule has 0 unspecified atom stereocenters. The molecule has 0 aliphatic carbocycles. The summed E-state index contributed by atoms with van der Waals surface area (Å²) in [6, 6.07) is 11.5. The average molecular weight is 440 g/mol. The zero-order valence-corrected chi connectivity index (χ0v) is 19.2. The molecule has 1 fully saturated rings. The molecule has 4 rings (SSSR count). The van der Waals surface area contributed by atoms with Gasteiger partial charge in [0.2, 0.25) is 0 Å². The van der Waals surface area contributed by atoms with Crippen LogP contribution in [0, 0.1) is 13.8 Å². The van der Waals surface area contributed by atoms with E-state index in [0.29, 0.717) is 17.9 Å². The van der Waals surface area contributed by atoms with Crippen molar-refractivity contribution in [2.45, 2.75) is 20.3 Å². The predicted molar refractivity (Wildman–Crippen MR) is 126 cm³/mol. The van der Waals surface area contributed by atoms with Gasteiger partial charge in [0, 0.05) is 31.7 Å². The van der Waals surface area contributed by atoms with E-state index in [0.717, 1.165) is 54.6 Å². The van der Waals surface area contributed by atoms with Gasteiger partial charge in [0.05, 0.1) is 30.5 Å². The maximum atomic E-state index is 13.5.